The van der Waals surface area contributed by atoms with Crippen molar-refractivity contribution < 1.29 is 0 Å². The lowest BCUT2D eigenvalue weighted by molar-refractivity contribution is 1.14. The lowest BCUT2D eigenvalue weighted by atomic mass is 9.98. The van der Waals surface area contributed by atoms with Crippen LogP contribution in [0.1, 0.15) is 0 Å². The van der Waals surface area contributed by atoms with Gasteiger partial charge in [0.15, 0.2) is 0 Å². The third kappa shape index (κ3) is 7.09. The molecule has 10 aromatic carbocycles. The maximum atomic E-state index is 2.43. The maximum absolute atomic E-state index is 2.43. The number of rotatable bonds is 9. The van der Waals surface area contributed by atoms with Crippen molar-refractivity contribution in [2.45, 2.75) is 0 Å². The smallest absolute Gasteiger partial charge is 0.0619 e. The van der Waals surface area contributed by atoms with E-state index < -0.39 is 0 Å². The van der Waals surface area contributed by atoms with E-state index in [4.69, 9.17) is 0 Å². The van der Waals surface area contributed by atoms with Crippen molar-refractivity contribution in [2.75, 3.05) is 4.90 Å². The summed E-state index contributed by atoms with van der Waals surface area (Å²) in [6.07, 6.45) is 0. The Balaban J connectivity index is 0.894. The van der Waals surface area contributed by atoms with E-state index in [0.717, 1.165) is 28.3 Å². The molecule has 2 nitrogen and oxygen atoms in total. The van der Waals surface area contributed by atoms with Gasteiger partial charge in [0.2, 0.25) is 0 Å². The standard InChI is InChI=1S/C62H42N2S/c1-4-14-43(15-5-1)44-24-33-51(34-25-44)63(53-37-30-47(31-38-53)50-32-41-56-55-20-11-13-23-59(55)65-60(56)42-50)52-35-26-45(27-36-52)46-28-39-54(40-29-46)64-58-22-12-10-21-57(58)61(48-16-6-2-7-17-48)62(64)49-18-8-3-9-19-49/h1-42H. The lowest BCUT2D eigenvalue weighted by Crippen LogP contribution is -2.09. The SMILES string of the molecule is c1ccc(-c2ccc(N(c3ccc(-c4ccc(-n5c(-c6ccccc6)c(-c6ccccc6)c6ccccc65)cc4)cc3)c3ccc(-c4ccc5c(c4)sc4ccccc45)cc3)cc2)cc1. The second-order valence-corrected chi connectivity index (χ2v) is 17.6. The van der Waals surface area contributed by atoms with Crippen LogP contribution in [-0.4, -0.2) is 4.57 Å². The Bertz CT molecular complexity index is 3590. The van der Waals surface area contributed by atoms with E-state index in [9.17, 15) is 0 Å². The Labute approximate surface area is 383 Å². The fourth-order valence-electron chi connectivity index (χ4n) is 9.47. The molecule has 0 fully saturated rings. The van der Waals surface area contributed by atoms with Gasteiger partial charge < -0.3 is 9.47 Å². The number of hydrogen-bond donors (Lipinski definition) is 0. The molecule has 0 aliphatic rings. The Kier molecular flexibility index (Phi) is 9.74. The number of anilines is 3. The van der Waals surface area contributed by atoms with Gasteiger partial charge in [0, 0.05) is 53.9 Å². The van der Waals surface area contributed by atoms with Gasteiger partial charge in [0.25, 0.3) is 0 Å². The Hall–Kier alpha value is -8.24. The van der Waals surface area contributed by atoms with Crippen LogP contribution in [-0.2, 0) is 0 Å². The van der Waals surface area contributed by atoms with Crippen molar-refractivity contribution in [2.24, 2.45) is 0 Å². The van der Waals surface area contributed by atoms with E-state index in [2.05, 4.69) is 264 Å². The van der Waals surface area contributed by atoms with Crippen LogP contribution < -0.4 is 4.90 Å². The summed E-state index contributed by atoms with van der Waals surface area (Å²) in [6.45, 7) is 0. The van der Waals surface area contributed by atoms with E-state index in [1.807, 2.05) is 11.3 Å². The van der Waals surface area contributed by atoms with Gasteiger partial charge in [-0.3, -0.25) is 0 Å². The van der Waals surface area contributed by atoms with E-state index in [1.165, 1.54) is 81.3 Å². The summed E-state index contributed by atoms with van der Waals surface area (Å²) in [7, 11) is 0. The average molecular weight is 847 g/mol. The lowest BCUT2D eigenvalue weighted by Gasteiger charge is -2.26. The van der Waals surface area contributed by atoms with Crippen molar-refractivity contribution in [3.05, 3.63) is 255 Å². The number of benzene rings is 10. The molecule has 12 rings (SSSR count). The Morgan fingerprint density at radius 1 is 0.292 bits per heavy atom. The van der Waals surface area contributed by atoms with E-state index in [-0.39, 0.29) is 0 Å². The highest BCUT2D eigenvalue weighted by molar-refractivity contribution is 7.25. The van der Waals surface area contributed by atoms with Crippen molar-refractivity contribution in [1.82, 2.24) is 4.57 Å². The van der Waals surface area contributed by atoms with Crippen LogP contribution in [0.15, 0.2) is 255 Å². The first-order valence-corrected chi connectivity index (χ1v) is 23.0. The third-order valence-electron chi connectivity index (χ3n) is 12.6. The molecule has 0 atom stereocenters. The summed E-state index contributed by atoms with van der Waals surface area (Å²) >= 11 is 1.86. The first kappa shape index (κ1) is 38.4. The summed E-state index contributed by atoms with van der Waals surface area (Å²) in [5, 5.41) is 3.88. The van der Waals surface area contributed by atoms with Gasteiger partial charge in [-0.05, 0) is 111 Å². The molecule has 0 radical (unpaired) electrons. The average Bonchev–Trinajstić information content (AvgIpc) is 3.94. The second kappa shape index (κ2) is 16.5. The number of para-hydroxylation sites is 1. The molecule has 0 saturated carbocycles. The monoisotopic (exact) mass is 846 g/mol. The molecule has 0 N–H and O–H groups in total. The molecule has 0 bridgehead atoms. The van der Waals surface area contributed by atoms with Crippen molar-refractivity contribution >= 4 is 59.5 Å². The zero-order valence-corrected chi connectivity index (χ0v) is 36.4. The summed E-state index contributed by atoms with van der Waals surface area (Å²) in [4.78, 5) is 2.35. The minimum atomic E-state index is 1.09. The topological polar surface area (TPSA) is 8.17 Å². The van der Waals surface area contributed by atoms with Crippen LogP contribution in [0.4, 0.5) is 17.1 Å². The second-order valence-electron chi connectivity index (χ2n) is 16.5. The molecule has 12 aromatic rings. The molecule has 0 unspecified atom stereocenters. The van der Waals surface area contributed by atoms with Crippen molar-refractivity contribution in [3.63, 3.8) is 0 Å². The first-order chi connectivity index (χ1) is 32.2. The minimum Gasteiger partial charge on any atom is -0.311 e. The summed E-state index contributed by atoms with van der Waals surface area (Å²) < 4.78 is 5.07. The van der Waals surface area contributed by atoms with E-state index in [1.54, 1.807) is 0 Å². The normalized spacial score (nSPS) is 11.4. The highest BCUT2D eigenvalue weighted by Crippen LogP contribution is 2.44. The molecular formula is C62H42N2S. The van der Waals surface area contributed by atoms with Crippen LogP contribution in [0, 0.1) is 0 Å². The Morgan fingerprint density at radius 3 is 1.29 bits per heavy atom. The van der Waals surface area contributed by atoms with Crippen LogP contribution in [0.25, 0.3) is 92.5 Å². The molecule has 65 heavy (non-hydrogen) atoms. The van der Waals surface area contributed by atoms with Crippen LogP contribution in [0.3, 0.4) is 0 Å². The van der Waals surface area contributed by atoms with E-state index >= 15 is 0 Å². The quantitative estimate of drug-likeness (QED) is 0.140. The minimum absolute atomic E-state index is 1.09. The molecule has 306 valence electrons. The number of aromatic nitrogens is 1. The van der Waals surface area contributed by atoms with Gasteiger partial charge in [0.1, 0.15) is 0 Å². The fourth-order valence-corrected chi connectivity index (χ4v) is 10.6. The maximum Gasteiger partial charge on any atom is 0.0619 e. The summed E-state index contributed by atoms with van der Waals surface area (Å²) in [5.74, 6) is 0. The Morgan fingerprint density at radius 2 is 0.708 bits per heavy atom. The van der Waals surface area contributed by atoms with Gasteiger partial charge in [-0.1, -0.05) is 188 Å². The molecule has 0 aliphatic carbocycles. The van der Waals surface area contributed by atoms with Gasteiger partial charge in [-0.15, -0.1) is 11.3 Å². The number of thiophene rings is 1. The molecule has 2 heterocycles. The summed E-state index contributed by atoms with van der Waals surface area (Å²) in [5.41, 5.74) is 17.6. The summed E-state index contributed by atoms with van der Waals surface area (Å²) in [6, 6.07) is 92.4. The van der Waals surface area contributed by atoms with Gasteiger partial charge in [-0.2, -0.15) is 0 Å². The fraction of sp³-hybridized carbons (Fsp3) is 0. The third-order valence-corrected chi connectivity index (χ3v) is 13.8. The van der Waals surface area contributed by atoms with Gasteiger partial charge >= 0.3 is 0 Å². The first-order valence-electron chi connectivity index (χ1n) is 22.2. The zero-order chi connectivity index (χ0) is 43.1. The highest BCUT2D eigenvalue weighted by atomic mass is 32.1. The largest absolute Gasteiger partial charge is 0.311 e. The molecule has 0 aliphatic heterocycles. The molecule has 0 spiro atoms. The van der Waals surface area contributed by atoms with Crippen LogP contribution in [0.2, 0.25) is 0 Å². The zero-order valence-electron chi connectivity index (χ0n) is 35.6. The highest BCUT2D eigenvalue weighted by Gasteiger charge is 2.21. The number of nitrogens with zero attached hydrogens (tertiary/aromatic N) is 2. The predicted molar refractivity (Wildman–Crippen MR) is 278 cm³/mol. The van der Waals surface area contributed by atoms with Crippen LogP contribution in [0.5, 0.6) is 0 Å². The van der Waals surface area contributed by atoms with Gasteiger partial charge in [0.05, 0.1) is 11.2 Å². The van der Waals surface area contributed by atoms with Crippen molar-refractivity contribution in [3.8, 4) is 61.5 Å². The molecule has 0 saturated heterocycles. The van der Waals surface area contributed by atoms with Gasteiger partial charge in [-0.25, -0.2) is 0 Å². The molecule has 0 amide bonds. The molecule has 2 aromatic heterocycles. The van der Waals surface area contributed by atoms with Crippen LogP contribution >= 0.6 is 11.3 Å². The predicted octanol–water partition coefficient (Wildman–Crippen LogP) is 17.8. The van der Waals surface area contributed by atoms with Crippen molar-refractivity contribution in [1.29, 1.82) is 0 Å². The number of hydrogen-bond acceptors (Lipinski definition) is 2. The molecule has 3 heteroatoms. The number of fused-ring (bicyclic) bond motifs is 4. The molecular weight excluding hydrogens is 805 g/mol. The van der Waals surface area contributed by atoms with E-state index in [0.29, 0.717) is 0 Å².